The van der Waals surface area contributed by atoms with Gasteiger partial charge in [-0.2, -0.15) is 0 Å². The van der Waals surface area contributed by atoms with Crippen molar-refractivity contribution in [1.29, 1.82) is 0 Å². The number of carbonyl (C=O) groups is 1. The van der Waals surface area contributed by atoms with Gasteiger partial charge in [0.2, 0.25) is 0 Å². The van der Waals surface area contributed by atoms with Gasteiger partial charge < -0.3 is 10.6 Å². The van der Waals surface area contributed by atoms with Crippen molar-refractivity contribution >= 4 is 16.8 Å². The van der Waals surface area contributed by atoms with E-state index in [1.54, 1.807) is 6.07 Å². The molecule has 2 aromatic carbocycles. The number of fused-ring (bicyclic) bond motifs is 1. The first-order chi connectivity index (χ1) is 13.2. The largest absolute Gasteiger partial charge is 0.335 e. The van der Waals surface area contributed by atoms with Crippen LogP contribution in [0.1, 0.15) is 44.1 Å². The molecule has 0 radical (unpaired) electrons. The normalized spacial score (nSPS) is 21.4. The first kappa shape index (κ1) is 18.2. The lowest BCUT2D eigenvalue weighted by Gasteiger charge is -2.24. The number of hydrogen-bond acceptors (Lipinski definition) is 2. The summed E-state index contributed by atoms with van der Waals surface area (Å²) in [5.41, 5.74) is 1.22. The topological polar surface area (TPSA) is 44.4 Å². The molecule has 0 aromatic heterocycles. The molecule has 1 aliphatic carbocycles. The zero-order valence-electron chi connectivity index (χ0n) is 15.7. The molecule has 4 rings (SSSR count). The van der Waals surface area contributed by atoms with Gasteiger partial charge >= 0.3 is 6.03 Å². The van der Waals surface area contributed by atoms with Crippen LogP contribution in [0.4, 0.5) is 9.18 Å². The van der Waals surface area contributed by atoms with Crippen LogP contribution in [0.5, 0.6) is 0 Å². The third-order valence-corrected chi connectivity index (χ3v) is 5.82. The fourth-order valence-electron chi connectivity index (χ4n) is 4.38. The van der Waals surface area contributed by atoms with E-state index in [9.17, 15) is 9.18 Å². The summed E-state index contributed by atoms with van der Waals surface area (Å²) in [5, 5.41) is 8.27. The van der Waals surface area contributed by atoms with E-state index in [0.717, 1.165) is 49.7 Å². The molecular formula is C22H28FN3O. The molecule has 0 bridgehead atoms. The Morgan fingerprint density at radius 1 is 0.963 bits per heavy atom. The Bertz CT molecular complexity index is 803. The highest BCUT2D eigenvalue weighted by Crippen LogP contribution is 2.20. The Kier molecular flexibility index (Phi) is 5.58. The van der Waals surface area contributed by atoms with Gasteiger partial charge in [0.15, 0.2) is 0 Å². The van der Waals surface area contributed by atoms with Crippen LogP contribution in [0, 0.1) is 5.82 Å². The van der Waals surface area contributed by atoms with E-state index in [1.807, 2.05) is 12.1 Å². The minimum absolute atomic E-state index is 0.0125. The van der Waals surface area contributed by atoms with Crippen LogP contribution in [0.2, 0.25) is 0 Å². The van der Waals surface area contributed by atoms with Crippen molar-refractivity contribution in [1.82, 2.24) is 15.5 Å². The Hall–Kier alpha value is -2.14. The summed E-state index contributed by atoms with van der Waals surface area (Å²) in [4.78, 5) is 14.6. The first-order valence-corrected chi connectivity index (χ1v) is 10.1. The van der Waals surface area contributed by atoms with Crippen LogP contribution in [0.15, 0.2) is 36.4 Å². The van der Waals surface area contributed by atoms with E-state index in [1.165, 1.54) is 30.9 Å². The number of nitrogens with zero attached hydrogens (tertiary/aromatic N) is 1. The lowest BCUT2D eigenvalue weighted by molar-refractivity contribution is 0.228. The van der Waals surface area contributed by atoms with Crippen LogP contribution in [-0.4, -0.2) is 36.1 Å². The molecule has 2 amide bonds. The summed E-state index contributed by atoms with van der Waals surface area (Å²) < 4.78 is 13.3. The molecule has 4 nitrogen and oxygen atoms in total. The number of likely N-dealkylation sites (tertiary alicyclic amines) is 1. The summed E-state index contributed by atoms with van der Waals surface area (Å²) in [6.07, 6.45) is 6.94. The van der Waals surface area contributed by atoms with Crippen molar-refractivity contribution in [3.8, 4) is 0 Å². The Morgan fingerprint density at radius 3 is 2.56 bits per heavy atom. The molecule has 2 aromatic rings. The van der Waals surface area contributed by atoms with E-state index < -0.39 is 0 Å². The van der Waals surface area contributed by atoms with Crippen LogP contribution in [0.3, 0.4) is 0 Å². The molecular weight excluding hydrogens is 341 g/mol. The average molecular weight is 369 g/mol. The van der Waals surface area contributed by atoms with E-state index in [-0.39, 0.29) is 17.9 Å². The minimum atomic E-state index is -0.199. The molecule has 5 heteroatoms. The minimum Gasteiger partial charge on any atom is -0.335 e. The quantitative estimate of drug-likeness (QED) is 0.849. The third-order valence-electron chi connectivity index (χ3n) is 5.82. The molecule has 1 saturated heterocycles. The van der Waals surface area contributed by atoms with E-state index in [4.69, 9.17) is 0 Å². The van der Waals surface area contributed by atoms with Crippen molar-refractivity contribution in [2.75, 3.05) is 13.1 Å². The van der Waals surface area contributed by atoms with Crippen molar-refractivity contribution in [3.63, 3.8) is 0 Å². The zero-order chi connectivity index (χ0) is 18.6. The highest BCUT2D eigenvalue weighted by atomic mass is 19.1. The monoisotopic (exact) mass is 369 g/mol. The molecule has 1 atom stereocenters. The summed E-state index contributed by atoms with van der Waals surface area (Å²) in [6, 6.07) is 11.6. The lowest BCUT2D eigenvalue weighted by atomic mass is 9.96. The second-order valence-corrected chi connectivity index (χ2v) is 8.00. The number of halogens is 1. The highest BCUT2D eigenvalue weighted by Gasteiger charge is 2.25. The van der Waals surface area contributed by atoms with Crippen molar-refractivity contribution in [3.05, 3.63) is 47.8 Å². The molecule has 1 saturated carbocycles. The van der Waals surface area contributed by atoms with Gasteiger partial charge in [-0.05, 0) is 53.8 Å². The van der Waals surface area contributed by atoms with Crippen molar-refractivity contribution in [2.45, 2.75) is 57.2 Å². The third kappa shape index (κ3) is 4.78. The number of carbonyl (C=O) groups excluding carboxylic acids is 1. The first-order valence-electron chi connectivity index (χ1n) is 10.1. The fourth-order valence-corrected chi connectivity index (χ4v) is 4.38. The van der Waals surface area contributed by atoms with Crippen molar-refractivity contribution < 1.29 is 9.18 Å². The Labute approximate surface area is 160 Å². The van der Waals surface area contributed by atoms with Gasteiger partial charge in [-0.1, -0.05) is 37.5 Å². The van der Waals surface area contributed by atoms with Gasteiger partial charge in [-0.25, -0.2) is 9.18 Å². The molecule has 2 fully saturated rings. The molecule has 144 valence electrons. The number of hydrogen-bond donors (Lipinski definition) is 2. The molecule has 0 spiro atoms. The van der Waals surface area contributed by atoms with Gasteiger partial charge in [0.25, 0.3) is 0 Å². The average Bonchev–Trinajstić information content (AvgIpc) is 3.09. The van der Waals surface area contributed by atoms with Crippen molar-refractivity contribution in [2.24, 2.45) is 0 Å². The molecule has 1 aliphatic heterocycles. The number of benzene rings is 2. The summed E-state index contributed by atoms with van der Waals surface area (Å²) >= 11 is 0. The smallest absolute Gasteiger partial charge is 0.315 e. The second-order valence-electron chi connectivity index (χ2n) is 8.00. The lowest BCUT2D eigenvalue weighted by Crippen LogP contribution is -2.47. The standard InChI is InChI=1S/C22H28FN3O/c23-19-9-8-17-12-16(6-7-18(17)13-19)14-26-11-10-21(15-26)25-22(27)24-20-4-2-1-3-5-20/h6-9,12-13,20-21H,1-5,10-11,14-15H2,(H2,24,25,27)/t21-/m1/s1. The van der Waals surface area contributed by atoms with E-state index in [2.05, 4.69) is 27.7 Å². The van der Waals surface area contributed by atoms with Crippen LogP contribution >= 0.6 is 0 Å². The molecule has 0 unspecified atom stereocenters. The Balaban J connectivity index is 1.28. The number of amides is 2. The molecule has 2 aliphatic rings. The predicted molar refractivity (Wildman–Crippen MR) is 106 cm³/mol. The SMILES string of the molecule is O=C(NC1CCCCC1)N[C@@H]1CCN(Cc2ccc3cc(F)ccc3c2)C1. The number of urea groups is 1. The second kappa shape index (κ2) is 8.26. The molecule has 2 N–H and O–H groups in total. The molecule has 27 heavy (non-hydrogen) atoms. The maximum atomic E-state index is 13.3. The maximum absolute atomic E-state index is 13.3. The summed E-state index contributed by atoms with van der Waals surface area (Å²) in [6.45, 7) is 2.71. The predicted octanol–water partition coefficient (Wildman–Crippen LogP) is 4.19. The molecule has 1 heterocycles. The fraction of sp³-hybridized carbons (Fsp3) is 0.500. The van der Waals surface area contributed by atoms with Crippen LogP contribution in [0.25, 0.3) is 10.8 Å². The van der Waals surface area contributed by atoms with Gasteiger partial charge in [0.1, 0.15) is 5.82 Å². The van der Waals surface area contributed by atoms with Crippen LogP contribution < -0.4 is 10.6 Å². The Morgan fingerprint density at radius 2 is 1.70 bits per heavy atom. The number of rotatable bonds is 4. The summed E-state index contributed by atoms with van der Waals surface area (Å²) in [5.74, 6) is -0.199. The van der Waals surface area contributed by atoms with Gasteiger partial charge in [-0.15, -0.1) is 0 Å². The van der Waals surface area contributed by atoms with E-state index in [0.29, 0.717) is 6.04 Å². The van der Waals surface area contributed by atoms with Gasteiger partial charge in [0.05, 0.1) is 0 Å². The van der Waals surface area contributed by atoms with E-state index >= 15 is 0 Å². The summed E-state index contributed by atoms with van der Waals surface area (Å²) in [7, 11) is 0. The highest BCUT2D eigenvalue weighted by molar-refractivity contribution is 5.83. The van der Waals surface area contributed by atoms with Gasteiger partial charge in [-0.3, -0.25) is 4.90 Å². The van der Waals surface area contributed by atoms with Crippen LogP contribution in [-0.2, 0) is 6.54 Å². The van der Waals surface area contributed by atoms with Gasteiger partial charge in [0, 0.05) is 31.7 Å². The zero-order valence-corrected chi connectivity index (χ0v) is 15.7. The number of nitrogens with one attached hydrogen (secondary N) is 2. The maximum Gasteiger partial charge on any atom is 0.315 e.